The lowest BCUT2D eigenvalue weighted by atomic mass is 9.99. The first-order valence-corrected chi connectivity index (χ1v) is 8.20. The average Bonchev–Trinajstić information content (AvgIpc) is 2.63. The fraction of sp³-hybridized carbons (Fsp3) is 0.100. The third kappa shape index (κ3) is 4.56. The van der Waals surface area contributed by atoms with Crippen molar-refractivity contribution in [3.63, 3.8) is 0 Å². The van der Waals surface area contributed by atoms with Crippen LogP contribution in [0, 0.1) is 17.5 Å². The molecule has 0 aliphatic carbocycles. The van der Waals surface area contributed by atoms with E-state index in [0.717, 1.165) is 12.1 Å². The Labute approximate surface area is 161 Å². The quantitative estimate of drug-likeness (QED) is 0.589. The van der Waals surface area contributed by atoms with Gasteiger partial charge in [-0.2, -0.15) is 13.2 Å². The highest BCUT2D eigenvalue weighted by Crippen LogP contribution is 2.33. The van der Waals surface area contributed by atoms with Gasteiger partial charge in [0.1, 0.15) is 11.4 Å². The van der Waals surface area contributed by atoms with Gasteiger partial charge in [-0.3, -0.25) is 9.78 Å². The number of amides is 1. The fourth-order valence-corrected chi connectivity index (χ4v) is 2.75. The molecule has 3 aromatic rings. The number of hydrogen-bond donors (Lipinski definition) is 1. The predicted octanol–water partition coefficient (Wildman–Crippen LogP) is 5.36. The smallest absolute Gasteiger partial charge is 0.322 e. The second-order valence-corrected chi connectivity index (χ2v) is 6.07. The molecule has 9 heteroatoms. The van der Waals surface area contributed by atoms with Gasteiger partial charge in [0.15, 0.2) is 11.6 Å². The van der Waals surface area contributed by atoms with Crippen molar-refractivity contribution in [2.45, 2.75) is 12.6 Å². The zero-order valence-corrected chi connectivity index (χ0v) is 14.5. The van der Waals surface area contributed by atoms with Crippen molar-refractivity contribution in [2.24, 2.45) is 0 Å². The normalized spacial score (nSPS) is 11.4. The summed E-state index contributed by atoms with van der Waals surface area (Å²) in [6.45, 7) is 0. The zero-order valence-electron chi connectivity index (χ0n) is 14.5. The first kappa shape index (κ1) is 20.4. The molecule has 2 aromatic carbocycles. The van der Waals surface area contributed by atoms with E-state index in [0.29, 0.717) is 12.4 Å². The number of anilines is 1. The Morgan fingerprint density at radius 3 is 2.17 bits per heavy atom. The van der Waals surface area contributed by atoms with Crippen molar-refractivity contribution in [2.75, 3.05) is 5.32 Å². The van der Waals surface area contributed by atoms with E-state index >= 15 is 0 Å². The highest BCUT2D eigenvalue weighted by atomic mass is 19.4. The van der Waals surface area contributed by atoms with Crippen molar-refractivity contribution in [3.8, 4) is 0 Å². The van der Waals surface area contributed by atoms with Crippen LogP contribution in [0.1, 0.15) is 27.0 Å². The molecule has 0 unspecified atom stereocenters. The van der Waals surface area contributed by atoms with Crippen LogP contribution in [0.3, 0.4) is 0 Å². The molecule has 1 amide bonds. The molecule has 0 bridgehead atoms. The minimum absolute atomic E-state index is 0.0408. The lowest BCUT2D eigenvalue weighted by molar-refractivity contribution is -0.138. The van der Waals surface area contributed by atoms with Crippen LogP contribution in [-0.4, -0.2) is 10.9 Å². The Morgan fingerprint density at radius 1 is 0.897 bits per heavy atom. The number of alkyl halides is 3. The summed E-state index contributed by atoms with van der Waals surface area (Å²) in [7, 11) is 0. The van der Waals surface area contributed by atoms with E-state index in [9.17, 15) is 31.1 Å². The molecule has 1 heterocycles. The van der Waals surface area contributed by atoms with Gasteiger partial charge in [-0.05, 0) is 29.3 Å². The van der Waals surface area contributed by atoms with E-state index in [-0.39, 0.29) is 23.2 Å². The van der Waals surface area contributed by atoms with Crippen molar-refractivity contribution in [3.05, 3.63) is 94.6 Å². The van der Waals surface area contributed by atoms with Gasteiger partial charge in [0.05, 0.1) is 18.0 Å². The predicted molar refractivity (Wildman–Crippen MR) is 92.8 cm³/mol. The highest BCUT2D eigenvalue weighted by molar-refractivity contribution is 6.04. The molecule has 1 aromatic heterocycles. The van der Waals surface area contributed by atoms with E-state index in [2.05, 4.69) is 10.3 Å². The van der Waals surface area contributed by atoms with Gasteiger partial charge in [-0.25, -0.2) is 13.2 Å². The summed E-state index contributed by atoms with van der Waals surface area (Å²) in [5.41, 5.74) is -2.03. The molecular formula is C20H12F6N2O. The van der Waals surface area contributed by atoms with E-state index < -0.39 is 40.7 Å². The van der Waals surface area contributed by atoms with Gasteiger partial charge in [0, 0.05) is 12.1 Å². The average molecular weight is 410 g/mol. The molecule has 0 radical (unpaired) electrons. The SMILES string of the molecule is O=C(Nc1ccc(Cc2ccccc2C(F)(F)F)c(F)c1)c1c(F)cncc1F. The highest BCUT2D eigenvalue weighted by Gasteiger charge is 2.33. The van der Waals surface area contributed by atoms with Crippen LogP contribution in [0.25, 0.3) is 0 Å². The van der Waals surface area contributed by atoms with E-state index in [1.165, 1.54) is 30.3 Å². The number of halogens is 6. The Morgan fingerprint density at radius 2 is 1.55 bits per heavy atom. The number of hydrogen-bond acceptors (Lipinski definition) is 2. The fourth-order valence-electron chi connectivity index (χ4n) is 2.75. The van der Waals surface area contributed by atoms with Gasteiger partial charge < -0.3 is 5.32 Å². The Balaban J connectivity index is 1.82. The molecule has 0 aliphatic rings. The minimum Gasteiger partial charge on any atom is -0.322 e. The summed E-state index contributed by atoms with van der Waals surface area (Å²) in [5, 5.41) is 2.14. The maximum absolute atomic E-state index is 14.4. The zero-order chi connectivity index (χ0) is 21.2. The summed E-state index contributed by atoms with van der Waals surface area (Å²) < 4.78 is 80.8. The molecule has 0 saturated carbocycles. The summed E-state index contributed by atoms with van der Waals surface area (Å²) in [5.74, 6) is -4.42. The molecule has 3 rings (SSSR count). The van der Waals surface area contributed by atoms with E-state index in [1.54, 1.807) is 0 Å². The second kappa shape index (κ2) is 7.94. The van der Waals surface area contributed by atoms with Crippen LogP contribution in [0.2, 0.25) is 0 Å². The summed E-state index contributed by atoms with van der Waals surface area (Å²) in [4.78, 5) is 15.3. The maximum atomic E-state index is 14.4. The maximum Gasteiger partial charge on any atom is 0.416 e. The molecule has 0 saturated heterocycles. The topological polar surface area (TPSA) is 42.0 Å². The third-order valence-corrected chi connectivity index (χ3v) is 4.10. The van der Waals surface area contributed by atoms with Crippen LogP contribution in [0.5, 0.6) is 0 Å². The van der Waals surface area contributed by atoms with Gasteiger partial charge in [0.2, 0.25) is 0 Å². The molecular weight excluding hydrogens is 398 g/mol. The molecule has 150 valence electrons. The van der Waals surface area contributed by atoms with Gasteiger partial charge >= 0.3 is 6.18 Å². The van der Waals surface area contributed by atoms with Crippen LogP contribution in [0.4, 0.5) is 32.0 Å². The summed E-state index contributed by atoms with van der Waals surface area (Å²) in [6, 6.07) is 8.07. The number of pyridine rings is 1. The van der Waals surface area contributed by atoms with Gasteiger partial charge in [-0.1, -0.05) is 24.3 Å². The molecule has 3 nitrogen and oxygen atoms in total. The molecule has 1 N–H and O–H groups in total. The van der Waals surface area contributed by atoms with E-state index in [4.69, 9.17) is 0 Å². The largest absolute Gasteiger partial charge is 0.416 e. The lowest BCUT2D eigenvalue weighted by Gasteiger charge is -2.13. The van der Waals surface area contributed by atoms with Gasteiger partial charge in [-0.15, -0.1) is 0 Å². The Kier molecular flexibility index (Phi) is 5.58. The first-order valence-electron chi connectivity index (χ1n) is 8.20. The second-order valence-electron chi connectivity index (χ2n) is 6.07. The third-order valence-electron chi connectivity index (χ3n) is 4.10. The standard InChI is InChI=1S/C20H12F6N2O/c21-15-8-13(28-19(29)18-16(22)9-27-10-17(18)23)6-5-12(15)7-11-3-1-2-4-14(11)20(24,25)26/h1-6,8-10H,7H2,(H,28,29). The number of carbonyl (C=O) groups excluding carboxylic acids is 1. The monoisotopic (exact) mass is 410 g/mol. The number of nitrogens with one attached hydrogen (secondary N) is 1. The van der Waals surface area contributed by atoms with Crippen molar-refractivity contribution < 1.29 is 31.1 Å². The van der Waals surface area contributed by atoms with Crippen LogP contribution >= 0.6 is 0 Å². The van der Waals surface area contributed by atoms with Gasteiger partial charge in [0.25, 0.3) is 5.91 Å². The summed E-state index contributed by atoms with van der Waals surface area (Å²) >= 11 is 0. The molecule has 0 atom stereocenters. The van der Waals surface area contributed by atoms with Crippen LogP contribution in [-0.2, 0) is 12.6 Å². The molecule has 29 heavy (non-hydrogen) atoms. The molecule has 0 spiro atoms. The van der Waals surface area contributed by atoms with E-state index in [1.807, 2.05) is 0 Å². The van der Waals surface area contributed by atoms with Crippen molar-refractivity contribution >= 4 is 11.6 Å². The lowest BCUT2D eigenvalue weighted by Crippen LogP contribution is -2.16. The number of benzene rings is 2. The Bertz CT molecular complexity index is 1040. The minimum atomic E-state index is -4.58. The molecule has 0 aliphatic heterocycles. The summed E-state index contributed by atoms with van der Waals surface area (Å²) in [6.07, 6.45) is -3.61. The molecule has 0 fully saturated rings. The Hall–Kier alpha value is -3.36. The number of carbonyl (C=O) groups is 1. The number of aromatic nitrogens is 1. The first-order chi connectivity index (χ1) is 13.7. The number of rotatable bonds is 4. The van der Waals surface area contributed by atoms with Crippen molar-refractivity contribution in [1.82, 2.24) is 4.98 Å². The van der Waals surface area contributed by atoms with Crippen LogP contribution < -0.4 is 5.32 Å². The van der Waals surface area contributed by atoms with Crippen molar-refractivity contribution in [1.29, 1.82) is 0 Å². The van der Waals surface area contributed by atoms with Crippen LogP contribution in [0.15, 0.2) is 54.9 Å². The number of nitrogens with zero attached hydrogens (tertiary/aromatic N) is 1.